The van der Waals surface area contributed by atoms with Crippen LogP contribution < -0.4 is 0 Å². The normalized spacial score (nSPS) is 12.0. The molecule has 2 aromatic rings. The highest BCUT2D eigenvalue weighted by molar-refractivity contribution is 6.35. The van der Waals surface area contributed by atoms with Gasteiger partial charge in [-0.2, -0.15) is 0 Å². The third-order valence-corrected chi connectivity index (χ3v) is 3.47. The van der Waals surface area contributed by atoms with Crippen LogP contribution >= 0.6 is 23.2 Å². The maximum Gasteiger partial charge on any atom is 0.508 e. The zero-order valence-electron chi connectivity index (χ0n) is 12.0. The number of aromatic nitrogens is 2. The van der Waals surface area contributed by atoms with Crippen molar-refractivity contribution in [1.82, 2.24) is 9.55 Å². The van der Waals surface area contributed by atoms with Gasteiger partial charge >= 0.3 is 6.16 Å². The maximum absolute atomic E-state index is 11.8. The molecule has 0 bridgehead atoms. The average Bonchev–Trinajstić information content (AvgIpc) is 2.97. The first-order valence-corrected chi connectivity index (χ1v) is 7.60. The maximum atomic E-state index is 11.8. The summed E-state index contributed by atoms with van der Waals surface area (Å²) in [5.74, 6) is 0. The van der Waals surface area contributed by atoms with Gasteiger partial charge < -0.3 is 14.0 Å². The van der Waals surface area contributed by atoms with Gasteiger partial charge in [-0.1, -0.05) is 36.2 Å². The lowest BCUT2D eigenvalue weighted by molar-refractivity contribution is 0.0171. The zero-order chi connectivity index (χ0) is 15.9. The summed E-state index contributed by atoms with van der Waals surface area (Å²) in [4.78, 5) is 15.7. The molecular formula is C15H16Cl2N2O3. The number of carbonyl (C=O) groups is 1. The van der Waals surface area contributed by atoms with Gasteiger partial charge in [-0.3, -0.25) is 0 Å². The molecule has 118 valence electrons. The van der Waals surface area contributed by atoms with E-state index in [1.165, 1.54) is 0 Å². The van der Waals surface area contributed by atoms with Crippen LogP contribution in [0.15, 0.2) is 36.9 Å². The first-order valence-electron chi connectivity index (χ1n) is 6.84. The molecule has 2 rings (SSSR count). The van der Waals surface area contributed by atoms with Gasteiger partial charge in [0.25, 0.3) is 0 Å². The number of imidazole rings is 1. The molecule has 0 aliphatic rings. The summed E-state index contributed by atoms with van der Waals surface area (Å²) in [6.07, 6.45) is 4.47. The first-order chi connectivity index (χ1) is 10.6. The smallest absolute Gasteiger partial charge is 0.434 e. The van der Waals surface area contributed by atoms with Crippen molar-refractivity contribution in [2.75, 3.05) is 6.61 Å². The predicted octanol–water partition coefficient (Wildman–Crippen LogP) is 4.49. The van der Waals surface area contributed by atoms with E-state index in [1.54, 1.807) is 41.5 Å². The summed E-state index contributed by atoms with van der Waals surface area (Å²) in [5, 5.41) is 0.949. The summed E-state index contributed by atoms with van der Waals surface area (Å²) in [5.41, 5.74) is 0.660. The standard InChI is InChI=1S/C15H16Cl2N2O3/c1-2-7-21-15(20)22-14(9-19-6-5-18-10-19)12-4-3-11(16)8-13(12)17/h3-6,8,10,14H,2,7,9H2,1H3. The van der Waals surface area contributed by atoms with E-state index in [-0.39, 0.29) is 0 Å². The molecule has 0 fully saturated rings. The Morgan fingerprint density at radius 1 is 1.41 bits per heavy atom. The van der Waals surface area contributed by atoms with Crippen molar-refractivity contribution in [3.63, 3.8) is 0 Å². The lowest BCUT2D eigenvalue weighted by Gasteiger charge is -2.19. The molecule has 0 aliphatic carbocycles. The van der Waals surface area contributed by atoms with E-state index in [1.807, 2.05) is 6.92 Å². The highest BCUT2D eigenvalue weighted by atomic mass is 35.5. The molecule has 7 heteroatoms. The largest absolute Gasteiger partial charge is 0.508 e. The molecule has 0 saturated heterocycles. The van der Waals surface area contributed by atoms with Crippen LogP contribution in [-0.2, 0) is 16.0 Å². The van der Waals surface area contributed by atoms with Gasteiger partial charge in [-0.05, 0) is 18.6 Å². The Labute approximate surface area is 138 Å². The van der Waals surface area contributed by atoms with E-state index in [4.69, 9.17) is 32.7 Å². The van der Waals surface area contributed by atoms with Crippen LogP contribution in [0.1, 0.15) is 25.0 Å². The molecule has 0 aliphatic heterocycles. The molecule has 1 atom stereocenters. The number of benzene rings is 1. The first kappa shape index (κ1) is 16.6. The molecule has 1 aromatic heterocycles. The van der Waals surface area contributed by atoms with E-state index >= 15 is 0 Å². The zero-order valence-corrected chi connectivity index (χ0v) is 13.5. The average molecular weight is 343 g/mol. The lowest BCUT2D eigenvalue weighted by atomic mass is 10.1. The second kappa shape index (κ2) is 8.06. The molecule has 0 amide bonds. The van der Waals surface area contributed by atoms with Gasteiger partial charge in [0.15, 0.2) is 0 Å². The van der Waals surface area contributed by atoms with Crippen molar-refractivity contribution in [3.8, 4) is 0 Å². The number of rotatable bonds is 6. The van der Waals surface area contributed by atoms with Gasteiger partial charge in [0.2, 0.25) is 0 Å². The van der Waals surface area contributed by atoms with Crippen LogP contribution in [0.5, 0.6) is 0 Å². The van der Waals surface area contributed by atoms with Crippen molar-refractivity contribution in [3.05, 3.63) is 52.5 Å². The Hall–Kier alpha value is -1.72. The quantitative estimate of drug-likeness (QED) is 0.725. The minimum atomic E-state index is -0.724. The summed E-state index contributed by atoms with van der Waals surface area (Å²) < 4.78 is 12.2. The van der Waals surface area contributed by atoms with Crippen molar-refractivity contribution in [1.29, 1.82) is 0 Å². The number of hydrogen-bond acceptors (Lipinski definition) is 4. The lowest BCUT2D eigenvalue weighted by Crippen LogP contribution is -2.18. The Balaban J connectivity index is 2.18. The van der Waals surface area contributed by atoms with Crippen LogP contribution in [0.25, 0.3) is 0 Å². The third-order valence-electron chi connectivity index (χ3n) is 2.91. The minimum Gasteiger partial charge on any atom is -0.434 e. The number of nitrogens with zero attached hydrogens (tertiary/aromatic N) is 2. The van der Waals surface area contributed by atoms with E-state index in [2.05, 4.69) is 4.98 Å². The molecule has 0 N–H and O–H groups in total. The van der Waals surface area contributed by atoms with Crippen molar-refractivity contribution < 1.29 is 14.3 Å². The highest BCUT2D eigenvalue weighted by Gasteiger charge is 2.21. The van der Waals surface area contributed by atoms with Gasteiger partial charge in [0.1, 0.15) is 6.10 Å². The second-order valence-corrected chi connectivity index (χ2v) is 5.47. The summed E-state index contributed by atoms with van der Waals surface area (Å²) in [6, 6.07) is 5.05. The van der Waals surface area contributed by atoms with Crippen LogP contribution in [0.2, 0.25) is 10.0 Å². The number of halogens is 2. The van der Waals surface area contributed by atoms with E-state index in [0.29, 0.717) is 28.8 Å². The molecule has 1 aromatic carbocycles. The van der Waals surface area contributed by atoms with Crippen LogP contribution in [0.4, 0.5) is 4.79 Å². The third kappa shape index (κ3) is 4.64. The van der Waals surface area contributed by atoms with E-state index in [0.717, 1.165) is 6.42 Å². The van der Waals surface area contributed by atoms with Crippen molar-refractivity contribution in [2.45, 2.75) is 26.0 Å². The summed E-state index contributed by atoms with van der Waals surface area (Å²) in [6.45, 7) is 2.60. The molecular weight excluding hydrogens is 327 g/mol. The van der Waals surface area contributed by atoms with Gasteiger partial charge in [0, 0.05) is 28.0 Å². The minimum absolute atomic E-state index is 0.310. The van der Waals surface area contributed by atoms with Crippen LogP contribution in [-0.4, -0.2) is 22.3 Å². The van der Waals surface area contributed by atoms with Gasteiger partial charge in [-0.25, -0.2) is 9.78 Å². The Morgan fingerprint density at radius 2 is 2.23 bits per heavy atom. The molecule has 1 heterocycles. The molecule has 1 unspecified atom stereocenters. The van der Waals surface area contributed by atoms with Crippen LogP contribution in [0, 0.1) is 0 Å². The number of hydrogen-bond donors (Lipinski definition) is 0. The summed E-state index contributed by atoms with van der Waals surface area (Å²) in [7, 11) is 0. The molecule has 0 spiro atoms. The fourth-order valence-electron chi connectivity index (χ4n) is 1.88. The summed E-state index contributed by atoms with van der Waals surface area (Å²) >= 11 is 12.1. The predicted molar refractivity (Wildman–Crippen MR) is 84.2 cm³/mol. The molecule has 22 heavy (non-hydrogen) atoms. The fraction of sp³-hybridized carbons (Fsp3) is 0.333. The monoisotopic (exact) mass is 342 g/mol. The van der Waals surface area contributed by atoms with Gasteiger partial charge in [0.05, 0.1) is 19.5 Å². The van der Waals surface area contributed by atoms with Crippen molar-refractivity contribution in [2.24, 2.45) is 0 Å². The fourth-order valence-corrected chi connectivity index (χ4v) is 2.41. The Morgan fingerprint density at radius 3 is 2.86 bits per heavy atom. The molecule has 0 radical (unpaired) electrons. The van der Waals surface area contributed by atoms with E-state index < -0.39 is 12.3 Å². The van der Waals surface area contributed by atoms with Crippen molar-refractivity contribution >= 4 is 29.4 Å². The number of ether oxygens (including phenoxy) is 2. The molecule has 5 nitrogen and oxygen atoms in total. The SMILES string of the molecule is CCCOC(=O)OC(Cn1ccnc1)c1ccc(Cl)cc1Cl. The Kier molecular flexibility index (Phi) is 6.10. The second-order valence-electron chi connectivity index (χ2n) is 4.63. The highest BCUT2D eigenvalue weighted by Crippen LogP contribution is 2.30. The molecule has 0 saturated carbocycles. The van der Waals surface area contributed by atoms with Gasteiger partial charge in [-0.15, -0.1) is 0 Å². The topological polar surface area (TPSA) is 53.4 Å². The Bertz CT molecular complexity index is 617. The number of carbonyl (C=O) groups excluding carboxylic acids is 1. The van der Waals surface area contributed by atoms with E-state index in [9.17, 15) is 4.79 Å². The van der Waals surface area contributed by atoms with Crippen LogP contribution in [0.3, 0.4) is 0 Å².